The van der Waals surface area contributed by atoms with Crippen molar-refractivity contribution in [3.8, 4) is 17.0 Å². The van der Waals surface area contributed by atoms with Crippen LogP contribution < -0.4 is 4.74 Å². The summed E-state index contributed by atoms with van der Waals surface area (Å²) in [6.07, 6.45) is 7.13. The molecule has 4 aromatic rings. The van der Waals surface area contributed by atoms with Gasteiger partial charge in [-0.2, -0.15) is 0 Å². The maximum absolute atomic E-state index is 5.55. The van der Waals surface area contributed by atoms with Crippen molar-refractivity contribution in [2.24, 2.45) is 0 Å². The number of aromatic nitrogens is 4. The molecule has 0 unspecified atom stereocenters. The Labute approximate surface area is 127 Å². The fraction of sp³-hybridized carbons (Fsp3) is 0.118. The minimum absolute atomic E-state index is 0.623. The molecule has 0 fully saturated rings. The number of hydrogen-bond donors (Lipinski definition) is 1. The van der Waals surface area contributed by atoms with Crippen molar-refractivity contribution in [3.05, 3.63) is 49.1 Å². The van der Waals surface area contributed by atoms with Crippen LogP contribution >= 0.6 is 0 Å². The van der Waals surface area contributed by atoms with Crippen LogP contribution in [-0.4, -0.2) is 26.5 Å². The van der Waals surface area contributed by atoms with E-state index in [1.165, 1.54) is 0 Å². The second kappa shape index (κ2) is 5.11. The molecule has 0 radical (unpaired) electrons. The van der Waals surface area contributed by atoms with Gasteiger partial charge < -0.3 is 9.72 Å². The van der Waals surface area contributed by atoms with Gasteiger partial charge in [0.15, 0.2) is 0 Å². The Morgan fingerprint density at radius 3 is 2.86 bits per heavy atom. The van der Waals surface area contributed by atoms with Crippen LogP contribution in [0.2, 0.25) is 0 Å². The fourth-order valence-electron chi connectivity index (χ4n) is 2.57. The Hall–Kier alpha value is -2.95. The molecule has 0 aliphatic carbocycles. The van der Waals surface area contributed by atoms with E-state index in [9.17, 15) is 0 Å². The minimum Gasteiger partial charge on any atom is -0.492 e. The lowest BCUT2D eigenvalue weighted by atomic mass is 10.1. The number of rotatable bonds is 3. The first kappa shape index (κ1) is 12.8. The zero-order valence-electron chi connectivity index (χ0n) is 12.1. The molecule has 4 rings (SSSR count). The molecule has 5 nitrogen and oxygen atoms in total. The standard InChI is InChI=1S/C17H14N4O/c1-2-22-12-6-14-13-7-15(11-4-3-5-18-8-11)19-10-16(13)21-17(14)20-9-12/h3-10H,2H2,1H3,(H,20,21). The third-order valence-corrected chi connectivity index (χ3v) is 3.58. The van der Waals surface area contributed by atoms with Gasteiger partial charge in [0.1, 0.15) is 11.4 Å². The van der Waals surface area contributed by atoms with E-state index in [0.29, 0.717) is 6.61 Å². The Balaban J connectivity index is 1.93. The molecule has 4 heterocycles. The maximum Gasteiger partial charge on any atom is 0.138 e. The van der Waals surface area contributed by atoms with Gasteiger partial charge in [0.05, 0.1) is 30.2 Å². The predicted octanol–water partition coefficient (Wildman–Crippen LogP) is 3.57. The fourth-order valence-corrected chi connectivity index (χ4v) is 2.57. The van der Waals surface area contributed by atoms with Gasteiger partial charge in [-0.25, -0.2) is 4.98 Å². The van der Waals surface area contributed by atoms with Gasteiger partial charge in [-0.1, -0.05) is 0 Å². The van der Waals surface area contributed by atoms with E-state index in [-0.39, 0.29) is 0 Å². The van der Waals surface area contributed by atoms with Crippen molar-refractivity contribution in [2.45, 2.75) is 6.92 Å². The number of H-pyrrole nitrogens is 1. The average molecular weight is 290 g/mol. The smallest absolute Gasteiger partial charge is 0.138 e. The molecule has 5 heteroatoms. The number of hydrogen-bond acceptors (Lipinski definition) is 4. The van der Waals surface area contributed by atoms with Gasteiger partial charge in [-0.15, -0.1) is 0 Å². The van der Waals surface area contributed by atoms with E-state index in [2.05, 4.69) is 26.0 Å². The molecule has 0 saturated heterocycles. The highest BCUT2D eigenvalue weighted by Crippen LogP contribution is 2.29. The Morgan fingerprint density at radius 1 is 1.09 bits per heavy atom. The summed E-state index contributed by atoms with van der Waals surface area (Å²) >= 11 is 0. The number of pyridine rings is 3. The first-order chi connectivity index (χ1) is 10.8. The number of nitrogens with zero attached hydrogens (tertiary/aromatic N) is 3. The molecule has 0 spiro atoms. The highest BCUT2D eigenvalue weighted by atomic mass is 16.5. The molecule has 0 aliphatic rings. The lowest BCUT2D eigenvalue weighted by Gasteiger charge is -2.02. The number of ether oxygens (including phenoxy) is 1. The second-order valence-electron chi connectivity index (χ2n) is 4.98. The molecule has 4 aromatic heterocycles. The van der Waals surface area contributed by atoms with Gasteiger partial charge in [-0.05, 0) is 31.2 Å². The zero-order chi connectivity index (χ0) is 14.9. The number of fused-ring (bicyclic) bond motifs is 3. The summed E-state index contributed by atoms with van der Waals surface area (Å²) in [4.78, 5) is 16.4. The van der Waals surface area contributed by atoms with Gasteiger partial charge in [0.25, 0.3) is 0 Å². The van der Waals surface area contributed by atoms with E-state index < -0.39 is 0 Å². The summed E-state index contributed by atoms with van der Waals surface area (Å²) in [7, 11) is 0. The Kier molecular flexibility index (Phi) is 2.96. The molecule has 0 saturated carbocycles. The molecule has 0 aromatic carbocycles. The SMILES string of the molecule is CCOc1cnc2[nH]c3cnc(-c4cccnc4)cc3c2c1. The highest BCUT2D eigenvalue weighted by molar-refractivity contribution is 6.06. The lowest BCUT2D eigenvalue weighted by Crippen LogP contribution is -1.91. The van der Waals surface area contributed by atoms with Crippen LogP contribution in [0.1, 0.15) is 6.92 Å². The summed E-state index contributed by atoms with van der Waals surface area (Å²) in [5, 5.41) is 2.12. The summed E-state index contributed by atoms with van der Waals surface area (Å²) in [6.45, 7) is 2.59. The molecule has 108 valence electrons. The number of aromatic amines is 1. The second-order valence-corrected chi connectivity index (χ2v) is 4.98. The van der Waals surface area contributed by atoms with Crippen LogP contribution in [0, 0.1) is 0 Å². The van der Waals surface area contributed by atoms with E-state index >= 15 is 0 Å². The van der Waals surface area contributed by atoms with E-state index in [1.807, 2.05) is 37.5 Å². The summed E-state index contributed by atoms with van der Waals surface area (Å²) < 4.78 is 5.55. The molecule has 0 bridgehead atoms. The quantitative estimate of drug-likeness (QED) is 0.626. The van der Waals surface area contributed by atoms with Crippen LogP contribution in [0.5, 0.6) is 5.75 Å². The molecular weight excluding hydrogens is 276 g/mol. The minimum atomic E-state index is 0.623. The molecular formula is C17H14N4O. The molecule has 0 aliphatic heterocycles. The Bertz CT molecular complexity index is 947. The van der Waals surface area contributed by atoms with Gasteiger partial charge in [0, 0.05) is 28.7 Å². The first-order valence-electron chi connectivity index (χ1n) is 7.16. The van der Waals surface area contributed by atoms with Gasteiger partial charge in [-0.3, -0.25) is 9.97 Å². The van der Waals surface area contributed by atoms with Crippen LogP contribution in [0.15, 0.2) is 49.1 Å². The summed E-state index contributed by atoms with van der Waals surface area (Å²) in [6, 6.07) is 7.98. The average Bonchev–Trinajstić information content (AvgIpc) is 2.93. The molecule has 1 N–H and O–H groups in total. The predicted molar refractivity (Wildman–Crippen MR) is 85.8 cm³/mol. The van der Waals surface area contributed by atoms with Crippen molar-refractivity contribution in [3.63, 3.8) is 0 Å². The topological polar surface area (TPSA) is 63.7 Å². The molecule has 22 heavy (non-hydrogen) atoms. The van der Waals surface area contributed by atoms with Crippen LogP contribution in [-0.2, 0) is 0 Å². The monoisotopic (exact) mass is 290 g/mol. The number of nitrogens with one attached hydrogen (secondary N) is 1. The van der Waals surface area contributed by atoms with Gasteiger partial charge >= 0.3 is 0 Å². The van der Waals surface area contributed by atoms with Crippen LogP contribution in [0.25, 0.3) is 33.2 Å². The van der Waals surface area contributed by atoms with Crippen molar-refractivity contribution in [1.29, 1.82) is 0 Å². The first-order valence-corrected chi connectivity index (χ1v) is 7.16. The molecule has 0 atom stereocenters. The zero-order valence-corrected chi connectivity index (χ0v) is 12.1. The van der Waals surface area contributed by atoms with Crippen molar-refractivity contribution in [2.75, 3.05) is 6.61 Å². The highest BCUT2D eigenvalue weighted by Gasteiger charge is 2.09. The van der Waals surface area contributed by atoms with E-state index in [0.717, 1.165) is 38.9 Å². The summed E-state index contributed by atoms with van der Waals surface area (Å²) in [5.74, 6) is 0.774. The third-order valence-electron chi connectivity index (χ3n) is 3.58. The third kappa shape index (κ3) is 2.07. The summed E-state index contributed by atoms with van der Waals surface area (Å²) in [5.41, 5.74) is 3.68. The van der Waals surface area contributed by atoms with Crippen molar-refractivity contribution < 1.29 is 4.74 Å². The van der Waals surface area contributed by atoms with Gasteiger partial charge in [0.2, 0.25) is 0 Å². The van der Waals surface area contributed by atoms with Crippen LogP contribution in [0.4, 0.5) is 0 Å². The van der Waals surface area contributed by atoms with Crippen molar-refractivity contribution >= 4 is 21.9 Å². The van der Waals surface area contributed by atoms with E-state index in [4.69, 9.17) is 4.74 Å². The Morgan fingerprint density at radius 2 is 2.05 bits per heavy atom. The van der Waals surface area contributed by atoms with E-state index in [1.54, 1.807) is 12.4 Å². The largest absolute Gasteiger partial charge is 0.492 e. The lowest BCUT2D eigenvalue weighted by molar-refractivity contribution is 0.339. The molecule has 0 amide bonds. The van der Waals surface area contributed by atoms with Crippen molar-refractivity contribution in [1.82, 2.24) is 19.9 Å². The van der Waals surface area contributed by atoms with Crippen LogP contribution in [0.3, 0.4) is 0 Å². The maximum atomic E-state index is 5.55. The normalized spacial score (nSPS) is 11.1.